The maximum absolute atomic E-state index is 10.2. The van der Waals surface area contributed by atoms with Gasteiger partial charge in [0.15, 0.2) is 0 Å². The molecule has 3 atom stereocenters. The highest BCUT2D eigenvalue weighted by molar-refractivity contribution is 6.33. The number of aliphatic hydroxyl groups excluding tert-OH is 1. The van der Waals surface area contributed by atoms with Crippen LogP contribution in [0.4, 0.5) is 0 Å². The third-order valence-electron chi connectivity index (χ3n) is 3.85. The van der Waals surface area contributed by atoms with Crippen molar-refractivity contribution in [3.63, 3.8) is 0 Å². The molecule has 0 saturated heterocycles. The first-order valence-electron chi connectivity index (χ1n) is 6.92. The van der Waals surface area contributed by atoms with Crippen LogP contribution in [0.25, 0.3) is 0 Å². The Morgan fingerprint density at radius 3 is 2.89 bits per heavy atom. The van der Waals surface area contributed by atoms with Crippen LogP contribution >= 0.6 is 23.2 Å². The fraction of sp³-hybridized carbons (Fsp3) is 0.600. The summed E-state index contributed by atoms with van der Waals surface area (Å²) in [6, 6.07) is 5.71. The normalized spacial score (nSPS) is 25.3. The average molecular weight is 302 g/mol. The maximum Gasteiger partial charge on any atom is 0.0929 e. The van der Waals surface area contributed by atoms with E-state index < -0.39 is 6.10 Å². The van der Waals surface area contributed by atoms with Gasteiger partial charge in [-0.2, -0.15) is 0 Å². The van der Waals surface area contributed by atoms with Crippen molar-refractivity contribution in [3.05, 3.63) is 33.8 Å². The van der Waals surface area contributed by atoms with Gasteiger partial charge in [-0.15, -0.1) is 0 Å². The van der Waals surface area contributed by atoms with Crippen molar-refractivity contribution < 1.29 is 5.11 Å². The second kappa shape index (κ2) is 6.94. The smallest absolute Gasteiger partial charge is 0.0929 e. The Morgan fingerprint density at radius 1 is 1.37 bits per heavy atom. The molecule has 1 saturated carbocycles. The van der Waals surface area contributed by atoms with E-state index in [4.69, 9.17) is 23.2 Å². The molecule has 1 fully saturated rings. The summed E-state index contributed by atoms with van der Waals surface area (Å²) in [7, 11) is 0. The third kappa shape index (κ3) is 4.35. The third-order valence-corrected chi connectivity index (χ3v) is 4.43. The van der Waals surface area contributed by atoms with E-state index in [0.29, 0.717) is 28.2 Å². The highest BCUT2D eigenvalue weighted by Gasteiger charge is 2.20. The first-order chi connectivity index (χ1) is 9.06. The Balaban J connectivity index is 1.90. The molecule has 0 heterocycles. The molecule has 2 N–H and O–H groups in total. The molecule has 1 aromatic carbocycles. The molecule has 0 spiro atoms. The number of rotatable bonds is 4. The van der Waals surface area contributed by atoms with Crippen molar-refractivity contribution >= 4 is 23.2 Å². The molecule has 2 rings (SSSR count). The quantitative estimate of drug-likeness (QED) is 0.874. The molecular weight excluding hydrogens is 281 g/mol. The zero-order valence-corrected chi connectivity index (χ0v) is 12.7. The monoisotopic (exact) mass is 301 g/mol. The number of benzene rings is 1. The van der Waals surface area contributed by atoms with Crippen molar-refractivity contribution in [1.29, 1.82) is 0 Å². The van der Waals surface area contributed by atoms with Crippen molar-refractivity contribution in [3.8, 4) is 0 Å². The largest absolute Gasteiger partial charge is 0.387 e. The minimum atomic E-state index is -0.608. The summed E-state index contributed by atoms with van der Waals surface area (Å²) in [4.78, 5) is 0. The van der Waals surface area contributed by atoms with Gasteiger partial charge in [-0.3, -0.25) is 0 Å². The van der Waals surface area contributed by atoms with E-state index in [1.807, 2.05) is 0 Å². The molecule has 0 aromatic heterocycles. The summed E-state index contributed by atoms with van der Waals surface area (Å²) < 4.78 is 0. The van der Waals surface area contributed by atoms with Gasteiger partial charge in [0.1, 0.15) is 0 Å². The Hall–Kier alpha value is -0.280. The molecular formula is C15H21Cl2NO. The van der Waals surface area contributed by atoms with Crippen LogP contribution in [0.2, 0.25) is 10.0 Å². The molecule has 0 radical (unpaired) electrons. The molecule has 4 heteroatoms. The van der Waals surface area contributed by atoms with Crippen LogP contribution in [-0.2, 0) is 0 Å². The molecule has 1 aliphatic carbocycles. The van der Waals surface area contributed by atoms with E-state index in [1.54, 1.807) is 18.2 Å². The average Bonchev–Trinajstić information content (AvgIpc) is 2.39. The predicted octanol–water partition coefficient (Wildman–Crippen LogP) is 4.20. The predicted molar refractivity (Wildman–Crippen MR) is 80.8 cm³/mol. The standard InChI is InChI=1S/C15H21Cl2NO/c1-10-3-2-4-12(7-10)18-9-15(19)13-8-11(16)5-6-14(13)17/h5-6,8,10,12,15,18-19H,2-4,7,9H2,1H3. The minimum absolute atomic E-state index is 0.511. The van der Waals surface area contributed by atoms with Crippen molar-refractivity contribution in [2.75, 3.05) is 6.54 Å². The van der Waals surface area contributed by atoms with Gasteiger partial charge in [0, 0.05) is 28.2 Å². The first kappa shape index (κ1) is 15.1. The Morgan fingerprint density at radius 2 is 2.16 bits per heavy atom. The van der Waals surface area contributed by atoms with Gasteiger partial charge in [0.05, 0.1) is 6.10 Å². The fourth-order valence-electron chi connectivity index (χ4n) is 2.78. The number of hydrogen-bond donors (Lipinski definition) is 2. The number of nitrogens with one attached hydrogen (secondary N) is 1. The number of aliphatic hydroxyl groups is 1. The summed E-state index contributed by atoms with van der Waals surface area (Å²) in [5.74, 6) is 0.776. The molecule has 0 amide bonds. The van der Waals surface area contributed by atoms with Crippen molar-refractivity contribution in [2.45, 2.75) is 44.8 Å². The molecule has 2 nitrogen and oxygen atoms in total. The lowest BCUT2D eigenvalue weighted by atomic mass is 9.87. The van der Waals surface area contributed by atoms with Crippen LogP contribution in [-0.4, -0.2) is 17.7 Å². The van der Waals surface area contributed by atoms with Gasteiger partial charge in [-0.05, 0) is 37.0 Å². The summed E-state index contributed by atoms with van der Waals surface area (Å²) in [5, 5.41) is 14.8. The summed E-state index contributed by atoms with van der Waals surface area (Å²) in [6.07, 6.45) is 4.37. The maximum atomic E-state index is 10.2. The van der Waals surface area contributed by atoms with Crippen LogP contribution < -0.4 is 5.32 Å². The van der Waals surface area contributed by atoms with E-state index in [2.05, 4.69) is 12.2 Å². The molecule has 0 aliphatic heterocycles. The summed E-state index contributed by atoms with van der Waals surface area (Å²) in [5.41, 5.74) is 0.700. The van der Waals surface area contributed by atoms with Crippen molar-refractivity contribution in [1.82, 2.24) is 5.32 Å². The molecule has 3 unspecified atom stereocenters. The second-order valence-corrected chi connectivity index (χ2v) is 6.40. The molecule has 106 valence electrons. The summed E-state index contributed by atoms with van der Waals surface area (Å²) in [6.45, 7) is 2.82. The van der Waals surface area contributed by atoms with E-state index in [1.165, 1.54) is 25.7 Å². The van der Waals surface area contributed by atoms with Gasteiger partial charge in [-0.25, -0.2) is 0 Å². The lowest BCUT2D eigenvalue weighted by molar-refractivity contribution is 0.162. The first-order valence-corrected chi connectivity index (χ1v) is 7.68. The molecule has 19 heavy (non-hydrogen) atoms. The fourth-order valence-corrected chi connectivity index (χ4v) is 3.20. The van der Waals surface area contributed by atoms with Gasteiger partial charge in [0.25, 0.3) is 0 Å². The van der Waals surface area contributed by atoms with E-state index in [9.17, 15) is 5.11 Å². The van der Waals surface area contributed by atoms with Gasteiger partial charge in [-0.1, -0.05) is 43.0 Å². The van der Waals surface area contributed by atoms with Crippen LogP contribution in [0.15, 0.2) is 18.2 Å². The second-order valence-electron chi connectivity index (χ2n) is 5.56. The summed E-state index contributed by atoms with van der Waals surface area (Å²) >= 11 is 12.0. The highest BCUT2D eigenvalue weighted by atomic mass is 35.5. The Labute approximate surface area is 125 Å². The Kier molecular flexibility index (Phi) is 5.52. The van der Waals surface area contributed by atoms with Crippen LogP contribution in [0, 0.1) is 5.92 Å². The van der Waals surface area contributed by atoms with Crippen LogP contribution in [0.3, 0.4) is 0 Å². The zero-order chi connectivity index (χ0) is 13.8. The minimum Gasteiger partial charge on any atom is -0.387 e. The molecule has 1 aliphatic rings. The number of hydrogen-bond acceptors (Lipinski definition) is 2. The van der Waals surface area contributed by atoms with E-state index in [0.717, 1.165) is 5.92 Å². The molecule has 0 bridgehead atoms. The SMILES string of the molecule is CC1CCCC(NCC(O)c2cc(Cl)ccc2Cl)C1. The lowest BCUT2D eigenvalue weighted by Gasteiger charge is -2.28. The lowest BCUT2D eigenvalue weighted by Crippen LogP contribution is -2.36. The van der Waals surface area contributed by atoms with Gasteiger partial charge in [0.2, 0.25) is 0 Å². The van der Waals surface area contributed by atoms with Gasteiger partial charge >= 0.3 is 0 Å². The van der Waals surface area contributed by atoms with E-state index >= 15 is 0 Å². The van der Waals surface area contributed by atoms with E-state index in [-0.39, 0.29) is 0 Å². The number of halogens is 2. The molecule has 1 aromatic rings. The van der Waals surface area contributed by atoms with Crippen LogP contribution in [0.5, 0.6) is 0 Å². The van der Waals surface area contributed by atoms with Gasteiger partial charge < -0.3 is 10.4 Å². The topological polar surface area (TPSA) is 32.3 Å². The van der Waals surface area contributed by atoms with Crippen molar-refractivity contribution in [2.24, 2.45) is 5.92 Å². The van der Waals surface area contributed by atoms with Crippen LogP contribution in [0.1, 0.15) is 44.3 Å². The zero-order valence-electron chi connectivity index (χ0n) is 11.2. The Bertz CT molecular complexity index is 425. The highest BCUT2D eigenvalue weighted by Crippen LogP contribution is 2.27.